The van der Waals surface area contributed by atoms with Gasteiger partial charge in [0.2, 0.25) is 0 Å². The summed E-state index contributed by atoms with van der Waals surface area (Å²) >= 11 is 0. The zero-order valence-corrected chi connectivity index (χ0v) is 28.7. The van der Waals surface area contributed by atoms with E-state index in [2.05, 4.69) is 56.7 Å². The topological polar surface area (TPSA) is 79.4 Å². The SMILES string of the molecule is CC(C)(C)[C@@]1(C)CC(N2CCCCC2)CCN1C(=O)O.CCCCCNC(=O)N1CCC(N2CCCCC2)C[C@H]1C.Cl. The molecule has 4 saturated heterocycles. The van der Waals surface area contributed by atoms with Gasteiger partial charge in [0, 0.05) is 43.3 Å². The molecule has 0 aromatic carbocycles. The van der Waals surface area contributed by atoms with Crippen molar-refractivity contribution in [1.29, 1.82) is 0 Å². The molecule has 4 aliphatic heterocycles. The van der Waals surface area contributed by atoms with Crippen LogP contribution in [0.2, 0.25) is 0 Å². The van der Waals surface area contributed by atoms with Gasteiger partial charge in [0.25, 0.3) is 0 Å². The number of carbonyl (C=O) groups is 2. The average Bonchev–Trinajstić information content (AvgIpc) is 2.95. The zero-order valence-electron chi connectivity index (χ0n) is 27.8. The number of nitrogens with one attached hydrogen (secondary N) is 1. The fraction of sp³-hybridized carbons (Fsp3) is 0.939. The standard InChI is InChI=1S/C17H33N3O.C16H30N2O2.ClH/c1-3-4-6-10-18-17(21)20-13-9-16(14-15(20)2)19-11-7-5-8-12-19;1-15(2,3)16(4)12-13(8-11-18(16)14(19)20)17-9-6-5-7-10-17;/h15-16H,3-14H2,1-2H3,(H,18,21);13H,5-12H2,1-4H3,(H,19,20);1H/t15-,16?;13?,16-;/m11./s1. The van der Waals surface area contributed by atoms with Crippen LogP contribution in [0, 0.1) is 5.41 Å². The molecule has 0 saturated carbocycles. The van der Waals surface area contributed by atoms with Gasteiger partial charge in [0.15, 0.2) is 0 Å². The number of piperidine rings is 4. The predicted octanol–water partition coefficient (Wildman–Crippen LogP) is 7.07. The molecule has 4 fully saturated rings. The molecule has 246 valence electrons. The molecular weight excluding hydrogens is 550 g/mol. The summed E-state index contributed by atoms with van der Waals surface area (Å²) in [7, 11) is 0. The Kier molecular flexibility index (Phi) is 15.2. The van der Waals surface area contributed by atoms with Gasteiger partial charge < -0.3 is 30.0 Å². The molecule has 2 unspecified atom stereocenters. The highest BCUT2D eigenvalue weighted by Gasteiger charge is 2.49. The van der Waals surface area contributed by atoms with E-state index in [0.29, 0.717) is 24.7 Å². The van der Waals surface area contributed by atoms with E-state index in [4.69, 9.17) is 0 Å². The number of urea groups is 1. The molecule has 0 spiro atoms. The van der Waals surface area contributed by atoms with Crippen LogP contribution in [0.4, 0.5) is 9.59 Å². The summed E-state index contributed by atoms with van der Waals surface area (Å²) in [6.07, 6.45) is 15.0. The van der Waals surface area contributed by atoms with Crippen molar-refractivity contribution >= 4 is 24.5 Å². The van der Waals surface area contributed by atoms with Crippen molar-refractivity contribution < 1.29 is 14.7 Å². The molecule has 0 radical (unpaired) electrons. The van der Waals surface area contributed by atoms with Crippen molar-refractivity contribution in [3.05, 3.63) is 0 Å². The highest BCUT2D eigenvalue weighted by molar-refractivity contribution is 5.85. The van der Waals surface area contributed by atoms with Crippen LogP contribution in [0.5, 0.6) is 0 Å². The summed E-state index contributed by atoms with van der Waals surface area (Å²) in [5.41, 5.74) is -0.320. The van der Waals surface area contributed by atoms with Gasteiger partial charge in [-0.3, -0.25) is 0 Å². The van der Waals surface area contributed by atoms with E-state index in [1.165, 1.54) is 77.5 Å². The monoisotopic (exact) mass is 613 g/mol. The maximum Gasteiger partial charge on any atom is 0.407 e. The van der Waals surface area contributed by atoms with Crippen LogP contribution in [0.25, 0.3) is 0 Å². The van der Waals surface area contributed by atoms with Gasteiger partial charge in [-0.2, -0.15) is 0 Å². The van der Waals surface area contributed by atoms with E-state index >= 15 is 0 Å². The second kappa shape index (κ2) is 17.3. The van der Waals surface area contributed by atoms with Crippen molar-refractivity contribution in [3.8, 4) is 0 Å². The summed E-state index contributed by atoms with van der Waals surface area (Å²) in [6, 6.07) is 1.77. The van der Waals surface area contributed by atoms with Gasteiger partial charge in [-0.1, -0.05) is 53.4 Å². The van der Waals surface area contributed by atoms with Crippen LogP contribution in [-0.2, 0) is 0 Å². The first-order valence-electron chi connectivity index (χ1n) is 17.0. The first-order chi connectivity index (χ1) is 19.5. The predicted molar refractivity (Wildman–Crippen MR) is 176 cm³/mol. The first kappa shape index (κ1) is 36.9. The molecule has 0 aromatic heterocycles. The number of halogens is 1. The van der Waals surface area contributed by atoms with E-state index in [9.17, 15) is 14.7 Å². The Balaban J connectivity index is 0.000000287. The zero-order chi connectivity index (χ0) is 30.0. The maximum absolute atomic E-state index is 12.3. The Morgan fingerprint density at radius 1 is 0.857 bits per heavy atom. The Bertz CT molecular complexity index is 812. The number of amides is 3. The van der Waals surface area contributed by atoms with Crippen molar-refractivity contribution in [2.45, 2.75) is 149 Å². The van der Waals surface area contributed by atoms with Crippen LogP contribution in [0.15, 0.2) is 0 Å². The molecule has 9 heteroatoms. The number of carbonyl (C=O) groups excluding carboxylic acids is 1. The van der Waals surface area contributed by atoms with Crippen molar-refractivity contribution in [2.24, 2.45) is 5.41 Å². The minimum atomic E-state index is -0.764. The van der Waals surface area contributed by atoms with Crippen LogP contribution >= 0.6 is 12.4 Å². The van der Waals surface area contributed by atoms with Crippen molar-refractivity contribution in [1.82, 2.24) is 24.9 Å². The van der Waals surface area contributed by atoms with Gasteiger partial charge in [-0.15, -0.1) is 12.4 Å². The normalized spacial score (nSPS) is 29.6. The average molecular weight is 614 g/mol. The lowest BCUT2D eigenvalue weighted by Crippen LogP contribution is -2.64. The molecule has 8 nitrogen and oxygen atoms in total. The molecule has 4 rings (SSSR count). The minimum Gasteiger partial charge on any atom is -0.465 e. The largest absolute Gasteiger partial charge is 0.465 e. The molecule has 42 heavy (non-hydrogen) atoms. The highest BCUT2D eigenvalue weighted by Crippen LogP contribution is 2.43. The quantitative estimate of drug-likeness (QED) is 0.313. The Labute approximate surface area is 263 Å². The third kappa shape index (κ3) is 9.88. The Morgan fingerprint density at radius 2 is 1.40 bits per heavy atom. The van der Waals surface area contributed by atoms with E-state index < -0.39 is 6.09 Å². The Hall–Kier alpha value is -1.25. The lowest BCUT2D eigenvalue weighted by atomic mass is 9.68. The second-order valence-electron chi connectivity index (χ2n) is 14.5. The van der Waals surface area contributed by atoms with Crippen LogP contribution in [0.3, 0.4) is 0 Å². The first-order valence-corrected chi connectivity index (χ1v) is 17.0. The minimum absolute atomic E-state index is 0. The number of nitrogens with zero attached hydrogens (tertiary/aromatic N) is 4. The molecule has 3 amide bonds. The smallest absolute Gasteiger partial charge is 0.407 e. The van der Waals surface area contributed by atoms with E-state index in [1.54, 1.807) is 4.90 Å². The van der Waals surface area contributed by atoms with E-state index in [1.807, 2.05) is 4.90 Å². The number of unbranched alkanes of at least 4 members (excludes halogenated alkanes) is 2. The highest BCUT2D eigenvalue weighted by atomic mass is 35.5. The number of hydrogen-bond acceptors (Lipinski definition) is 4. The third-order valence-electron chi connectivity index (χ3n) is 10.7. The molecule has 4 heterocycles. The summed E-state index contributed by atoms with van der Waals surface area (Å²) in [6.45, 7) is 20.4. The summed E-state index contributed by atoms with van der Waals surface area (Å²) in [4.78, 5) is 32.9. The molecule has 0 bridgehead atoms. The molecular formula is C33H64ClN5O3. The number of rotatable bonds is 6. The third-order valence-corrected chi connectivity index (χ3v) is 10.7. The van der Waals surface area contributed by atoms with Crippen LogP contribution < -0.4 is 5.32 Å². The molecule has 2 N–H and O–H groups in total. The van der Waals surface area contributed by atoms with E-state index in [-0.39, 0.29) is 29.4 Å². The van der Waals surface area contributed by atoms with Crippen LogP contribution in [-0.4, -0.2) is 106 Å². The number of hydrogen-bond donors (Lipinski definition) is 2. The molecule has 0 aromatic rings. The fourth-order valence-electron chi connectivity index (χ4n) is 7.55. The van der Waals surface area contributed by atoms with Gasteiger partial charge in [0.05, 0.1) is 0 Å². The van der Waals surface area contributed by atoms with Gasteiger partial charge >= 0.3 is 12.1 Å². The lowest BCUT2D eigenvalue weighted by molar-refractivity contribution is -0.0454. The number of likely N-dealkylation sites (tertiary alicyclic amines) is 4. The van der Waals surface area contributed by atoms with Crippen molar-refractivity contribution in [2.75, 3.05) is 45.8 Å². The molecule has 4 aliphatic rings. The number of carboxylic acid groups (broad SMARTS) is 1. The summed E-state index contributed by atoms with van der Waals surface area (Å²) in [5.74, 6) is 0. The molecule has 4 atom stereocenters. The lowest BCUT2D eigenvalue weighted by Gasteiger charge is -2.55. The second-order valence-corrected chi connectivity index (χ2v) is 14.5. The van der Waals surface area contributed by atoms with Crippen molar-refractivity contribution in [3.63, 3.8) is 0 Å². The molecule has 0 aliphatic carbocycles. The fourth-order valence-corrected chi connectivity index (χ4v) is 7.55. The van der Waals surface area contributed by atoms with Gasteiger partial charge in [-0.25, -0.2) is 9.59 Å². The van der Waals surface area contributed by atoms with Gasteiger partial charge in [0.1, 0.15) is 0 Å². The van der Waals surface area contributed by atoms with E-state index in [0.717, 1.165) is 45.2 Å². The van der Waals surface area contributed by atoms with Crippen LogP contribution in [0.1, 0.15) is 125 Å². The summed E-state index contributed by atoms with van der Waals surface area (Å²) in [5, 5.41) is 12.6. The summed E-state index contributed by atoms with van der Waals surface area (Å²) < 4.78 is 0. The Morgan fingerprint density at radius 3 is 1.90 bits per heavy atom. The maximum atomic E-state index is 12.3. The van der Waals surface area contributed by atoms with Gasteiger partial charge in [-0.05, 0) is 103 Å².